The number of benzene rings is 1. The van der Waals surface area contributed by atoms with Gasteiger partial charge in [0.05, 0.1) is 5.56 Å². The summed E-state index contributed by atoms with van der Waals surface area (Å²) in [5.74, 6) is 0. The first-order valence-corrected chi connectivity index (χ1v) is 6.48. The van der Waals surface area contributed by atoms with Crippen molar-refractivity contribution in [2.75, 3.05) is 5.73 Å². The maximum atomic E-state index is 12.4. The molecule has 1 nitrogen and oxygen atoms in total. The Morgan fingerprint density at radius 2 is 1.82 bits per heavy atom. The average molecular weight is 261 g/mol. The third-order valence-electron chi connectivity index (χ3n) is 2.93. The summed E-state index contributed by atoms with van der Waals surface area (Å²) in [6, 6.07) is 3.62. The Labute approximate surface area is 103 Å². The van der Waals surface area contributed by atoms with Crippen LogP contribution in [0.4, 0.5) is 18.9 Å². The standard InChI is InChI=1S/C12H14F3NS/c13-12(14,15)8-5-6-11(10(16)7-8)17-9-3-1-2-4-9/h5-7,9H,1-4,16H2. The third-order valence-corrected chi connectivity index (χ3v) is 4.36. The second-order valence-corrected chi connectivity index (χ2v) is 5.62. The number of anilines is 1. The quantitative estimate of drug-likeness (QED) is 0.802. The summed E-state index contributed by atoms with van der Waals surface area (Å²) >= 11 is 1.60. The lowest BCUT2D eigenvalue weighted by Gasteiger charge is -2.13. The number of nitrogens with two attached hydrogens (primary N) is 1. The fourth-order valence-electron chi connectivity index (χ4n) is 2.02. The first-order chi connectivity index (χ1) is 7.97. The minimum atomic E-state index is -4.31. The number of nitrogen functional groups attached to an aromatic ring is 1. The molecule has 2 N–H and O–H groups in total. The molecule has 0 heterocycles. The zero-order valence-corrected chi connectivity index (χ0v) is 10.1. The average Bonchev–Trinajstić information content (AvgIpc) is 2.72. The molecule has 17 heavy (non-hydrogen) atoms. The van der Waals surface area contributed by atoms with E-state index in [2.05, 4.69) is 0 Å². The smallest absolute Gasteiger partial charge is 0.398 e. The van der Waals surface area contributed by atoms with E-state index < -0.39 is 11.7 Å². The van der Waals surface area contributed by atoms with Crippen molar-refractivity contribution in [3.05, 3.63) is 23.8 Å². The number of rotatable bonds is 2. The van der Waals surface area contributed by atoms with E-state index in [1.807, 2.05) is 0 Å². The van der Waals surface area contributed by atoms with E-state index in [4.69, 9.17) is 5.73 Å². The molecule has 1 aliphatic rings. The lowest BCUT2D eigenvalue weighted by molar-refractivity contribution is -0.137. The van der Waals surface area contributed by atoms with Gasteiger partial charge in [-0.2, -0.15) is 13.2 Å². The van der Waals surface area contributed by atoms with Crippen molar-refractivity contribution in [3.63, 3.8) is 0 Å². The summed E-state index contributed by atoms with van der Waals surface area (Å²) < 4.78 is 37.3. The fourth-order valence-corrected chi connectivity index (χ4v) is 3.29. The Hall–Kier alpha value is -0.840. The number of alkyl halides is 3. The van der Waals surface area contributed by atoms with Gasteiger partial charge in [0.1, 0.15) is 0 Å². The Morgan fingerprint density at radius 1 is 1.18 bits per heavy atom. The molecule has 2 rings (SSSR count). The van der Waals surface area contributed by atoms with Crippen molar-refractivity contribution in [2.45, 2.75) is 42.0 Å². The van der Waals surface area contributed by atoms with Gasteiger partial charge in [-0.15, -0.1) is 11.8 Å². The minimum absolute atomic E-state index is 0.233. The van der Waals surface area contributed by atoms with Crippen molar-refractivity contribution in [3.8, 4) is 0 Å². The Morgan fingerprint density at radius 3 is 2.35 bits per heavy atom. The highest BCUT2D eigenvalue weighted by Gasteiger charge is 2.31. The second kappa shape index (κ2) is 4.80. The largest absolute Gasteiger partial charge is 0.416 e. The highest BCUT2D eigenvalue weighted by atomic mass is 32.2. The van der Waals surface area contributed by atoms with Crippen LogP contribution in [0.1, 0.15) is 31.2 Å². The van der Waals surface area contributed by atoms with Crippen LogP contribution >= 0.6 is 11.8 Å². The summed E-state index contributed by atoms with van der Waals surface area (Å²) in [4.78, 5) is 0.768. The van der Waals surface area contributed by atoms with Gasteiger partial charge in [-0.25, -0.2) is 0 Å². The maximum Gasteiger partial charge on any atom is 0.416 e. The van der Waals surface area contributed by atoms with Gasteiger partial charge < -0.3 is 5.73 Å². The molecule has 0 bridgehead atoms. The van der Waals surface area contributed by atoms with Crippen LogP contribution in [0.2, 0.25) is 0 Å². The normalized spacial score (nSPS) is 17.6. The lowest BCUT2D eigenvalue weighted by Crippen LogP contribution is -2.06. The summed E-state index contributed by atoms with van der Waals surface area (Å²) in [6.07, 6.45) is 0.358. The minimum Gasteiger partial charge on any atom is -0.398 e. The zero-order chi connectivity index (χ0) is 12.5. The molecule has 0 unspecified atom stereocenters. The lowest BCUT2D eigenvalue weighted by atomic mass is 10.2. The molecule has 1 aliphatic carbocycles. The molecule has 0 aliphatic heterocycles. The van der Waals surface area contributed by atoms with Crippen LogP contribution in [0, 0.1) is 0 Å². The van der Waals surface area contributed by atoms with Gasteiger partial charge in [0, 0.05) is 15.8 Å². The van der Waals surface area contributed by atoms with Crippen molar-refractivity contribution < 1.29 is 13.2 Å². The molecule has 0 aromatic heterocycles. The summed E-state index contributed by atoms with van der Waals surface area (Å²) in [7, 11) is 0. The first kappa shape index (κ1) is 12.6. The fraction of sp³-hybridized carbons (Fsp3) is 0.500. The van der Waals surface area contributed by atoms with Crippen LogP contribution in [-0.2, 0) is 6.18 Å². The maximum absolute atomic E-state index is 12.4. The number of hydrogen-bond acceptors (Lipinski definition) is 2. The van der Waals surface area contributed by atoms with Crippen LogP contribution in [0.3, 0.4) is 0 Å². The third kappa shape index (κ3) is 3.09. The molecule has 0 amide bonds. The van der Waals surface area contributed by atoms with Crippen LogP contribution in [-0.4, -0.2) is 5.25 Å². The summed E-state index contributed by atoms with van der Waals surface area (Å²) in [5, 5.41) is 0.508. The van der Waals surface area contributed by atoms with E-state index in [9.17, 15) is 13.2 Å². The summed E-state index contributed by atoms with van der Waals surface area (Å²) in [6.45, 7) is 0. The van der Waals surface area contributed by atoms with Crippen molar-refractivity contribution >= 4 is 17.4 Å². The highest BCUT2D eigenvalue weighted by Crippen LogP contribution is 2.39. The topological polar surface area (TPSA) is 26.0 Å². The van der Waals surface area contributed by atoms with E-state index in [1.54, 1.807) is 11.8 Å². The van der Waals surface area contributed by atoms with Gasteiger partial charge in [-0.3, -0.25) is 0 Å². The molecule has 0 spiro atoms. The highest BCUT2D eigenvalue weighted by molar-refractivity contribution is 8.00. The van der Waals surface area contributed by atoms with Gasteiger partial charge in [0.15, 0.2) is 0 Å². The van der Waals surface area contributed by atoms with E-state index in [0.29, 0.717) is 5.25 Å². The molecule has 94 valence electrons. The molecular weight excluding hydrogens is 247 g/mol. The molecule has 1 aromatic carbocycles. The Balaban J connectivity index is 2.14. The molecular formula is C12H14F3NS. The zero-order valence-electron chi connectivity index (χ0n) is 9.26. The van der Waals surface area contributed by atoms with Gasteiger partial charge in [0.25, 0.3) is 0 Å². The Bertz CT molecular complexity index is 397. The van der Waals surface area contributed by atoms with E-state index in [-0.39, 0.29) is 5.69 Å². The van der Waals surface area contributed by atoms with Crippen molar-refractivity contribution in [1.82, 2.24) is 0 Å². The molecule has 0 atom stereocenters. The number of hydrogen-bond donors (Lipinski definition) is 1. The SMILES string of the molecule is Nc1cc(C(F)(F)F)ccc1SC1CCCC1. The van der Waals surface area contributed by atoms with Crippen LogP contribution in [0.15, 0.2) is 23.1 Å². The molecule has 1 saturated carbocycles. The molecule has 1 aromatic rings. The van der Waals surface area contributed by atoms with Crippen LogP contribution in [0.25, 0.3) is 0 Å². The molecule has 0 radical (unpaired) electrons. The van der Waals surface area contributed by atoms with E-state index >= 15 is 0 Å². The van der Waals surface area contributed by atoms with E-state index in [0.717, 1.165) is 29.9 Å². The van der Waals surface area contributed by atoms with Gasteiger partial charge in [-0.1, -0.05) is 12.8 Å². The molecule has 0 saturated heterocycles. The van der Waals surface area contributed by atoms with Crippen LogP contribution < -0.4 is 5.73 Å². The Kier molecular flexibility index (Phi) is 3.56. The number of halogens is 3. The van der Waals surface area contributed by atoms with Gasteiger partial charge >= 0.3 is 6.18 Å². The summed E-state index contributed by atoms with van der Waals surface area (Å²) in [5.41, 5.74) is 5.23. The van der Waals surface area contributed by atoms with E-state index in [1.165, 1.54) is 18.9 Å². The van der Waals surface area contributed by atoms with Crippen LogP contribution in [0.5, 0.6) is 0 Å². The predicted octanol–water partition coefficient (Wildman–Crippen LogP) is 4.32. The molecule has 1 fully saturated rings. The van der Waals surface area contributed by atoms with Crippen molar-refractivity contribution in [1.29, 1.82) is 0 Å². The predicted molar refractivity (Wildman–Crippen MR) is 64.0 cm³/mol. The van der Waals surface area contributed by atoms with Gasteiger partial charge in [-0.05, 0) is 31.0 Å². The monoisotopic (exact) mass is 261 g/mol. The second-order valence-electron chi connectivity index (χ2n) is 4.27. The first-order valence-electron chi connectivity index (χ1n) is 5.60. The molecule has 5 heteroatoms. The van der Waals surface area contributed by atoms with Gasteiger partial charge in [0.2, 0.25) is 0 Å². The number of thioether (sulfide) groups is 1. The van der Waals surface area contributed by atoms with Crippen molar-refractivity contribution in [2.24, 2.45) is 0 Å².